The quantitative estimate of drug-likeness (QED) is 0.414. The lowest BCUT2D eigenvalue weighted by molar-refractivity contribution is -0.542. The van der Waals surface area contributed by atoms with E-state index in [-0.39, 0.29) is 11.9 Å². The highest BCUT2D eigenvalue weighted by atomic mass is 32.2. The molecule has 3 aliphatic rings. The minimum absolute atomic E-state index is 0.226. The van der Waals surface area contributed by atoms with Crippen molar-refractivity contribution in [2.24, 2.45) is 4.99 Å². The molecule has 0 aliphatic carbocycles. The highest BCUT2D eigenvalue weighted by Gasteiger charge is 2.55. The number of nitrogens with zero attached hydrogens (tertiary/aromatic N) is 7. The molecule has 4 rings (SSSR count). The van der Waals surface area contributed by atoms with Crippen LogP contribution in [-0.2, 0) is 4.79 Å². The molecule has 3 aliphatic heterocycles. The predicted octanol–water partition coefficient (Wildman–Crippen LogP) is 1.04. The van der Waals surface area contributed by atoms with Crippen LogP contribution in [0.2, 0.25) is 0 Å². The molecule has 0 saturated carbocycles. The van der Waals surface area contributed by atoms with Crippen molar-refractivity contribution in [3.63, 3.8) is 0 Å². The van der Waals surface area contributed by atoms with E-state index in [1.165, 1.54) is 23.3 Å². The number of carbonyl (C=O) groups excluding carboxylic acids is 2. The van der Waals surface area contributed by atoms with Crippen molar-refractivity contribution < 1.29 is 14.2 Å². The third-order valence-corrected chi connectivity index (χ3v) is 6.33. The Labute approximate surface area is 174 Å². The summed E-state index contributed by atoms with van der Waals surface area (Å²) in [5.74, 6) is 1.82. The smallest absolute Gasteiger partial charge is 0.270 e. The van der Waals surface area contributed by atoms with Crippen molar-refractivity contribution in [3.05, 3.63) is 18.0 Å². The normalized spacial score (nSPS) is 22.4. The van der Waals surface area contributed by atoms with Gasteiger partial charge in [0.05, 0.1) is 19.6 Å². The molecule has 0 N–H and O–H groups in total. The van der Waals surface area contributed by atoms with Crippen LogP contribution in [0.5, 0.6) is 0 Å². The van der Waals surface area contributed by atoms with Gasteiger partial charge >= 0.3 is 12.0 Å². The number of aryl methyl sites for hydroxylation is 1. The van der Waals surface area contributed by atoms with E-state index >= 15 is 0 Å². The van der Waals surface area contributed by atoms with Gasteiger partial charge in [-0.15, -0.1) is 0 Å². The van der Waals surface area contributed by atoms with Crippen molar-refractivity contribution >= 4 is 35.5 Å². The Balaban J connectivity index is 1.60. The zero-order chi connectivity index (χ0) is 20.5. The Hall–Kier alpha value is -2.49. The molecule has 0 radical (unpaired) electrons. The number of thioether (sulfide) groups is 1. The number of amidine groups is 1. The Morgan fingerprint density at radius 3 is 2.66 bits per heavy atom. The molecular weight excluding hydrogens is 390 g/mol. The maximum absolute atomic E-state index is 13.0. The van der Waals surface area contributed by atoms with Gasteiger partial charge in [0.2, 0.25) is 11.9 Å². The molecule has 1 aromatic heterocycles. The van der Waals surface area contributed by atoms with Gasteiger partial charge in [-0.2, -0.15) is 0 Å². The Morgan fingerprint density at radius 2 is 1.93 bits per heavy atom. The second-order valence-corrected chi connectivity index (χ2v) is 8.54. The first-order chi connectivity index (χ1) is 14.0. The van der Waals surface area contributed by atoms with Crippen molar-refractivity contribution in [1.29, 1.82) is 0 Å². The third-order valence-electron chi connectivity index (χ3n) is 5.48. The molecule has 154 valence electrons. The van der Waals surface area contributed by atoms with Crippen LogP contribution in [-0.4, -0.2) is 98.5 Å². The van der Waals surface area contributed by atoms with Gasteiger partial charge in [0.25, 0.3) is 5.91 Å². The molecule has 2 fully saturated rings. The molecule has 9 nitrogen and oxygen atoms in total. The number of carbonyl (C=O) groups is 2. The van der Waals surface area contributed by atoms with E-state index in [1.807, 2.05) is 17.9 Å². The lowest BCUT2D eigenvalue weighted by atomic mass is 10.1. The van der Waals surface area contributed by atoms with E-state index in [0.29, 0.717) is 12.4 Å². The summed E-state index contributed by atoms with van der Waals surface area (Å²) in [4.78, 5) is 43.6. The molecule has 1 unspecified atom stereocenters. The molecule has 0 aromatic carbocycles. The second kappa shape index (κ2) is 8.10. The molecule has 0 spiro atoms. The number of imide groups is 1. The minimum Gasteiger partial charge on any atom is -0.270 e. The zero-order valence-corrected chi connectivity index (χ0v) is 17.9. The molecule has 3 amide bonds. The first-order valence-electron chi connectivity index (χ1n) is 9.92. The fourth-order valence-corrected chi connectivity index (χ4v) is 4.71. The molecule has 29 heavy (non-hydrogen) atoms. The van der Waals surface area contributed by atoms with Gasteiger partial charge < -0.3 is 0 Å². The number of guanidine groups is 1. The van der Waals surface area contributed by atoms with E-state index in [1.54, 1.807) is 25.0 Å². The number of hydrogen-bond acceptors (Lipinski definition) is 5. The summed E-state index contributed by atoms with van der Waals surface area (Å²) in [6, 6.07) is 0.974. The van der Waals surface area contributed by atoms with Crippen LogP contribution in [0.4, 0.5) is 4.79 Å². The monoisotopic (exact) mass is 416 g/mol. The van der Waals surface area contributed by atoms with Crippen molar-refractivity contribution in [2.45, 2.75) is 37.4 Å². The molecule has 1 atom stereocenters. The van der Waals surface area contributed by atoms with Crippen LogP contribution in [0, 0.1) is 6.92 Å². The van der Waals surface area contributed by atoms with Crippen molar-refractivity contribution in [3.8, 4) is 0 Å². The van der Waals surface area contributed by atoms with Gasteiger partial charge in [0.15, 0.2) is 5.16 Å². The van der Waals surface area contributed by atoms with E-state index < -0.39 is 6.04 Å². The third kappa shape index (κ3) is 3.73. The lowest BCUT2D eigenvalue weighted by Crippen LogP contribution is -2.63. The zero-order valence-electron chi connectivity index (χ0n) is 17.0. The summed E-state index contributed by atoms with van der Waals surface area (Å²) >= 11 is 1.56. The van der Waals surface area contributed by atoms with Gasteiger partial charge in [0.1, 0.15) is 0 Å². The first-order valence-corrected chi connectivity index (χ1v) is 10.9. The van der Waals surface area contributed by atoms with Crippen LogP contribution in [0.1, 0.15) is 25.0 Å². The number of piperidine rings is 1. The number of aliphatic imine (C=N–C) groups is 1. The Bertz CT molecular complexity index is 892. The van der Waals surface area contributed by atoms with Gasteiger partial charge in [-0.1, -0.05) is 16.8 Å². The molecule has 0 bridgehead atoms. The van der Waals surface area contributed by atoms with Crippen LogP contribution in [0.25, 0.3) is 0 Å². The maximum atomic E-state index is 13.0. The van der Waals surface area contributed by atoms with Gasteiger partial charge in [-0.25, -0.2) is 19.7 Å². The average molecular weight is 417 g/mol. The number of hydrogen-bond donors (Lipinski definition) is 0. The number of likely N-dealkylation sites (N-methyl/N-ethyl adjacent to an activating group) is 2. The van der Waals surface area contributed by atoms with E-state index in [4.69, 9.17) is 4.99 Å². The van der Waals surface area contributed by atoms with Crippen molar-refractivity contribution in [2.75, 3.05) is 39.5 Å². The van der Waals surface area contributed by atoms with Gasteiger partial charge in [0, 0.05) is 31.7 Å². The average Bonchev–Trinajstić information content (AvgIpc) is 3.11. The number of rotatable bonds is 4. The van der Waals surface area contributed by atoms with Crippen molar-refractivity contribution in [1.82, 2.24) is 24.7 Å². The molecule has 10 heteroatoms. The standard InChI is InChI=1S/C19H26N7O2S/c1-13-7-8-20-17(21-13)29-12-11-26-14-15(23(2)19(28)24(3)16(14)27)22-18(26)25-9-5-4-6-10-25/h7-8,14H,4-6,9-12H2,1-3H3/q+1. The fourth-order valence-electron chi connectivity index (χ4n) is 3.89. The molecule has 2 saturated heterocycles. The topological polar surface area (TPSA) is 85.0 Å². The van der Waals surface area contributed by atoms with Crippen LogP contribution >= 0.6 is 11.8 Å². The summed E-state index contributed by atoms with van der Waals surface area (Å²) in [5.41, 5.74) is 0.930. The summed E-state index contributed by atoms with van der Waals surface area (Å²) in [7, 11) is 3.22. The highest BCUT2D eigenvalue weighted by Crippen LogP contribution is 2.25. The number of amides is 3. The summed E-state index contributed by atoms with van der Waals surface area (Å²) < 4.78 is 2.24. The van der Waals surface area contributed by atoms with Gasteiger partial charge in [-0.05, 0) is 32.3 Å². The Kier molecular flexibility index (Phi) is 5.53. The largest absolute Gasteiger partial charge is 0.392 e. The SMILES string of the molecule is Cc1ccnc(SCCN2C(=[N+]3CCCCC3)N=C3C2C(=O)N(C)C(=O)N3C)n1. The van der Waals surface area contributed by atoms with Crippen LogP contribution in [0.15, 0.2) is 22.4 Å². The summed E-state index contributed by atoms with van der Waals surface area (Å²) in [6.45, 7) is 4.40. The number of fused-ring (bicyclic) bond motifs is 1. The molecular formula is C19H26N7O2S+. The van der Waals surface area contributed by atoms with Crippen LogP contribution < -0.4 is 0 Å². The van der Waals surface area contributed by atoms with Crippen LogP contribution in [0.3, 0.4) is 0 Å². The lowest BCUT2D eigenvalue weighted by Gasteiger charge is -2.33. The first kappa shape index (κ1) is 19.8. The number of aromatic nitrogens is 2. The fraction of sp³-hybridized carbons (Fsp3) is 0.579. The molecule has 4 heterocycles. The highest BCUT2D eigenvalue weighted by molar-refractivity contribution is 7.99. The second-order valence-electron chi connectivity index (χ2n) is 7.48. The summed E-state index contributed by atoms with van der Waals surface area (Å²) in [6.07, 6.45) is 5.19. The van der Waals surface area contributed by atoms with Gasteiger partial charge in [-0.3, -0.25) is 19.2 Å². The maximum Gasteiger partial charge on any atom is 0.392 e. The summed E-state index contributed by atoms with van der Waals surface area (Å²) in [5, 5.41) is 0.726. The molecule has 1 aromatic rings. The minimum atomic E-state index is -0.557. The van der Waals surface area contributed by atoms with E-state index in [9.17, 15) is 9.59 Å². The number of urea groups is 1. The van der Waals surface area contributed by atoms with E-state index in [0.717, 1.165) is 48.5 Å². The van der Waals surface area contributed by atoms with E-state index in [2.05, 4.69) is 14.5 Å². The Morgan fingerprint density at radius 1 is 1.17 bits per heavy atom. The predicted molar refractivity (Wildman–Crippen MR) is 110 cm³/mol.